The predicted molar refractivity (Wildman–Crippen MR) is 113 cm³/mol. The molecule has 0 aromatic heterocycles. The minimum atomic E-state index is -3.48. The summed E-state index contributed by atoms with van der Waals surface area (Å²) >= 11 is 0. The number of sulfonamides is 1. The molecule has 28 heavy (non-hydrogen) atoms. The van der Waals surface area contributed by atoms with Crippen LogP contribution in [0.4, 0.5) is 0 Å². The van der Waals surface area contributed by atoms with Gasteiger partial charge < -0.3 is 10.6 Å². The average Bonchev–Trinajstić information content (AvgIpc) is 3.21. The smallest absolute Gasteiger partial charge is 0.243 e. The number of hydrogen-bond acceptors (Lipinski definition) is 4. The van der Waals surface area contributed by atoms with Crippen LogP contribution in [-0.2, 0) is 14.8 Å². The van der Waals surface area contributed by atoms with Crippen molar-refractivity contribution in [2.75, 3.05) is 26.2 Å². The highest BCUT2D eigenvalue weighted by molar-refractivity contribution is 7.89. The highest BCUT2D eigenvalue weighted by Crippen LogP contribution is 2.25. The number of halogens is 1. The van der Waals surface area contributed by atoms with E-state index in [1.54, 1.807) is 16.4 Å². The standard InChI is InChI=1S/C20H31N3O3S.ClH/c1-15(2)17-7-9-18(10-8-17)27(25,26)23-12-4-5-16(14-23)13-22-20(24)19-6-3-11-21-19;/h7-10,15-16,19,21H,3-6,11-14H2,1-2H3,(H,22,24);1H. The number of rotatable bonds is 6. The predicted octanol–water partition coefficient (Wildman–Crippen LogP) is 2.50. The Morgan fingerprint density at radius 2 is 1.93 bits per heavy atom. The highest BCUT2D eigenvalue weighted by Gasteiger charge is 2.31. The minimum absolute atomic E-state index is 0. The summed E-state index contributed by atoms with van der Waals surface area (Å²) in [5.41, 5.74) is 1.13. The topological polar surface area (TPSA) is 78.5 Å². The molecule has 8 heteroatoms. The molecule has 2 aliphatic rings. The van der Waals surface area contributed by atoms with E-state index in [2.05, 4.69) is 24.5 Å². The molecule has 3 rings (SSSR count). The van der Waals surface area contributed by atoms with Gasteiger partial charge in [0.1, 0.15) is 0 Å². The number of nitrogens with one attached hydrogen (secondary N) is 2. The summed E-state index contributed by atoms with van der Waals surface area (Å²) in [6.07, 6.45) is 3.68. The van der Waals surface area contributed by atoms with Crippen LogP contribution in [0.5, 0.6) is 0 Å². The minimum Gasteiger partial charge on any atom is -0.354 e. The fourth-order valence-electron chi connectivity index (χ4n) is 3.86. The number of carbonyl (C=O) groups is 1. The number of hydrogen-bond donors (Lipinski definition) is 2. The summed E-state index contributed by atoms with van der Waals surface area (Å²) in [4.78, 5) is 12.5. The third kappa shape index (κ3) is 5.47. The van der Waals surface area contributed by atoms with Gasteiger partial charge >= 0.3 is 0 Å². The Morgan fingerprint density at radius 3 is 2.54 bits per heavy atom. The number of piperidine rings is 1. The van der Waals surface area contributed by atoms with Gasteiger partial charge in [-0.2, -0.15) is 4.31 Å². The Hall–Kier alpha value is -1.15. The van der Waals surface area contributed by atoms with Gasteiger partial charge in [0, 0.05) is 19.6 Å². The summed E-state index contributed by atoms with van der Waals surface area (Å²) in [7, 11) is -3.48. The molecule has 0 bridgehead atoms. The molecule has 0 saturated carbocycles. The first-order valence-electron chi connectivity index (χ1n) is 9.99. The number of amides is 1. The van der Waals surface area contributed by atoms with E-state index >= 15 is 0 Å². The highest BCUT2D eigenvalue weighted by atomic mass is 35.5. The van der Waals surface area contributed by atoms with Crippen molar-refractivity contribution in [3.63, 3.8) is 0 Å². The molecule has 0 aliphatic carbocycles. The lowest BCUT2D eigenvalue weighted by Crippen LogP contribution is -2.46. The molecule has 2 aliphatic heterocycles. The fraction of sp³-hybridized carbons (Fsp3) is 0.650. The number of benzene rings is 1. The molecular formula is C20H32ClN3O3S. The van der Waals surface area contributed by atoms with E-state index in [1.165, 1.54) is 0 Å². The van der Waals surface area contributed by atoms with Crippen molar-refractivity contribution in [3.05, 3.63) is 29.8 Å². The second-order valence-electron chi connectivity index (χ2n) is 7.99. The first-order chi connectivity index (χ1) is 12.9. The van der Waals surface area contributed by atoms with Crippen LogP contribution >= 0.6 is 12.4 Å². The molecule has 1 aromatic carbocycles. The maximum atomic E-state index is 13.0. The zero-order valence-corrected chi connectivity index (χ0v) is 18.3. The molecule has 0 radical (unpaired) electrons. The molecule has 2 unspecified atom stereocenters. The van der Waals surface area contributed by atoms with Crippen molar-refractivity contribution in [1.29, 1.82) is 0 Å². The van der Waals surface area contributed by atoms with Crippen LogP contribution in [0.25, 0.3) is 0 Å². The SMILES string of the molecule is CC(C)c1ccc(S(=O)(=O)N2CCCC(CNC(=O)C3CCCN3)C2)cc1.Cl. The molecular weight excluding hydrogens is 398 g/mol. The van der Waals surface area contributed by atoms with Crippen LogP contribution < -0.4 is 10.6 Å². The summed E-state index contributed by atoms with van der Waals surface area (Å²) in [6, 6.07) is 7.12. The van der Waals surface area contributed by atoms with Crippen molar-refractivity contribution < 1.29 is 13.2 Å². The molecule has 1 aromatic rings. The Balaban J connectivity index is 0.00000280. The molecule has 2 N–H and O–H groups in total. The fourth-order valence-corrected chi connectivity index (χ4v) is 5.42. The zero-order chi connectivity index (χ0) is 19.4. The monoisotopic (exact) mass is 429 g/mol. The maximum absolute atomic E-state index is 13.0. The van der Waals surface area contributed by atoms with E-state index in [0.29, 0.717) is 30.4 Å². The number of carbonyl (C=O) groups excluding carboxylic acids is 1. The van der Waals surface area contributed by atoms with Crippen molar-refractivity contribution in [1.82, 2.24) is 14.9 Å². The lowest BCUT2D eigenvalue weighted by molar-refractivity contribution is -0.123. The second-order valence-corrected chi connectivity index (χ2v) is 9.93. The van der Waals surface area contributed by atoms with E-state index < -0.39 is 10.0 Å². The normalized spacial score (nSPS) is 23.4. The Labute approximate surface area is 174 Å². The van der Waals surface area contributed by atoms with Gasteiger partial charge in [-0.25, -0.2) is 8.42 Å². The molecule has 6 nitrogen and oxygen atoms in total. The molecule has 2 fully saturated rings. The summed E-state index contributed by atoms with van der Waals surface area (Å²) in [5, 5.41) is 6.20. The van der Waals surface area contributed by atoms with Crippen molar-refractivity contribution in [2.45, 2.75) is 56.4 Å². The quantitative estimate of drug-likeness (QED) is 0.728. The van der Waals surface area contributed by atoms with Crippen LogP contribution in [0.1, 0.15) is 51.0 Å². The molecule has 0 spiro atoms. The Bertz CT molecular complexity index is 746. The van der Waals surface area contributed by atoms with Crippen LogP contribution in [0.2, 0.25) is 0 Å². The van der Waals surface area contributed by atoms with Gasteiger partial charge in [-0.15, -0.1) is 12.4 Å². The molecule has 2 heterocycles. The maximum Gasteiger partial charge on any atom is 0.243 e. The Morgan fingerprint density at radius 1 is 1.21 bits per heavy atom. The van der Waals surface area contributed by atoms with Crippen molar-refractivity contribution in [2.24, 2.45) is 5.92 Å². The molecule has 158 valence electrons. The molecule has 1 amide bonds. The van der Waals surface area contributed by atoms with Crippen LogP contribution in [0.15, 0.2) is 29.2 Å². The third-order valence-corrected chi connectivity index (χ3v) is 7.49. The van der Waals surface area contributed by atoms with Crippen LogP contribution in [-0.4, -0.2) is 50.9 Å². The van der Waals surface area contributed by atoms with Gasteiger partial charge in [0.15, 0.2) is 0 Å². The lowest BCUT2D eigenvalue weighted by Gasteiger charge is -2.32. The van der Waals surface area contributed by atoms with Gasteiger partial charge in [0.2, 0.25) is 15.9 Å². The van der Waals surface area contributed by atoms with E-state index in [1.807, 2.05) is 12.1 Å². The van der Waals surface area contributed by atoms with Crippen LogP contribution in [0, 0.1) is 5.92 Å². The van der Waals surface area contributed by atoms with Gasteiger partial charge in [-0.1, -0.05) is 26.0 Å². The van der Waals surface area contributed by atoms with E-state index in [9.17, 15) is 13.2 Å². The van der Waals surface area contributed by atoms with Gasteiger partial charge in [0.05, 0.1) is 10.9 Å². The summed E-state index contributed by atoms with van der Waals surface area (Å²) < 4.78 is 27.6. The zero-order valence-electron chi connectivity index (χ0n) is 16.7. The summed E-state index contributed by atoms with van der Waals surface area (Å²) in [5.74, 6) is 0.574. The first-order valence-corrected chi connectivity index (χ1v) is 11.4. The second kappa shape index (κ2) is 10.1. The van der Waals surface area contributed by atoms with E-state index in [4.69, 9.17) is 0 Å². The van der Waals surface area contributed by atoms with Crippen LogP contribution in [0.3, 0.4) is 0 Å². The number of nitrogens with zero attached hydrogens (tertiary/aromatic N) is 1. The Kier molecular flexibility index (Phi) is 8.30. The first kappa shape index (κ1) is 23.1. The van der Waals surface area contributed by atoms with Crippen molar-refractivity contribution >= 4 is 28.3 Å². The molecule has 2 saturated heterocycles. The summed E-state index contributed by atoms with van der Waals surface area (Å²) in [6.45, 7) is 6.62. The van der Waals surface area contributed by atoms with Gasteiger partial charge in [-0.3, -0.25) is 4.79 Å². The van der Waals surface area contributed by atoms with Gasteiger partial charge in [0.25, 0.3) is 0 Å². The largest absolute Gasteiger partial charge is 0.354 e. The average molecular weight is 430 g/mol. The lowest BCUT2D eigenvalue weighted by atomic mass is 9.99. The van der Waals surface area contributed by atoms with E-state index in [-0.39, 0.29) is 30.3 Å². The van der Waals surface area contributed by atoms with E-state index in [0.717, 1.165) is 37.8 Å². The van der Waals surface area contributed by atoms with Gasteiger partial charge in [-0.05, 0) is 61.8 Å². The third-order valence-electron chi connectivity index (χ3n) is 5.61. The van der Waals surface area contributed by atoms with Crippen molar-refractivity contribution in [3.8, 4) is 0 Å². The molecule has 2 atom stereocenters.